The van der Waals surface area contributed by atoms with E-state index in [0.717, 1.165) is 6.42 Å². The molecule has 0 radical (unpaired) electrons. The first-order valence-electron chi connectivity index (χ1n) is 5.43. The molecule has 0 atom stereocenters. The number of carbonyl (C=O) groups is 2. The summed E-state index contributed by atoms with van der Waals surface area (Å²) in [5, 5.41) is 9.10. The first-order chi connectivity index (χ1) is 8.02. The number of aromatic nitrogens is 1. The number of Topliss-reactive ketones (excluding diaryl/α,β-unsaturated/α-hetero) is 1. The van der Waals surface area contributed by atoms with E-state index in [-0.39, 0.29) is 17.9 Å². The zero-order chi connectivity index (χ0) is 13.0. The van der Waals surface area contributed by atoms with Crippen LogP contribution in [0.2, 0.25) is 0 Å². The lowest BCUT2D eigenvalue weighted by atomic mass is 10.1. The molecule has 0 saturated heterocycles. The summed E-state index contributed by atoms with van der Waals surface area (Å²) < 4.78 is 1.62. The van der Waals surface area contributed by atoms with Crippen LogP contribution in [0.1, 0.15) is 46.8 Å². The van der Waals surface area contributed by atoms with Crippen LogP contribution in [0.25, 0.3) is 0 Å². The molecule has 0 aliphatic carbocycles. The van der Waals surface area contributed by atoms with E-state index in [1.165, 1.54) is 13.0 Å². The lowest BCUT2D eigenvalue weighted by molar-refractivity contribution is 0.0695. The quantitative estimate of drug-likeness (QED) is 0.625. The van der Waals surface area contributed by atoms with Gasteiger partial charge in [-0.15, -0.1) is 6.42 Å². The highest BCUT2D eigenvalue weighted by atomic mass is 16.4. The topological polar surface area (TPSA) is 59.3 Å². The van der Waals surface area contributed by atoms with E-state index in [4.69, 9.17) is 11.5 Å². The first-order valence-corrected chi connectivity index (χ1v) is 5.43. The van der Waals surface area contributed by atoms with Gasteiger partial charge in [0.25, 0.3) is 0 Å². The lowest BCUT2D eigenvalue weighted by Crippen LogP contribution is -2.10. The highest BCUT2D eigenvalue weighted by Crippen LogP contribution is 2.19. The van der Waals surface area contributed by atoms with Gasteiger partial charge in [0.05, 0.1) is 17.8 Å². The van der Waals surface area contributed by atoms with Crippen molar-refractivity contribution in [2.24, 2.45) is 0 Å². The molecule has 0 saturated carbocycles. The van der Waals surface area contributed by atoms with E-state index in [9.17, 15) is 9.59 Å². The van der Waals surface area contributed by atoms with E-state index >= 15 is 0 Å². The first kappa shape index (κ1) is 13.0. The Kier molecular flexibility index (Phi) is 4.11. The average Bonchev–Trinajstić information content (AvgIpc) is 2.59. The standard InChI is InChI=1S/C13H15NO3/c1-4-6-11-10(13(16)17)8-12(9(3)15)14(11)7-5-2/h2,8H,4,6-7H2,1,3H3,(H,16,17). The van der Waals surface area contributed by atoms with Gasteiger partial charge in [-0.25, -0.2) is 4.79 Å². The van der Waals surface area contributed by atoms with Gasteiger partial charge in [0, 0.05) is 12.6 Å². The molecular formula is C13H15NO3. The van der Waals surface area contributed by atoms with Crippen LogP contribution in [0.3, 0.4) is 0 Å². The largest absolute Gasteiger partial charge is 0.478 e. The van der Waals surface area contributed by atoms with Gasteiger partial charge in [0.15, 0.2) is 5.78 Å². The Hall–Kier alpha value is -2.02. The van der Waals surface area contributed by atoms with E-state index in [0.29, 0.717) is 17.8 Å². The van der Waals surface area contributed by atoms with Crippen molar-refractivity contribution in [1.82, 2.24) is 4.57 Å². The fourth-order valence-corrected chi connectivity index (χ4v) is 1.84. The van der Waals surface area contributed by atoms with Crippen molar-refractivity contribution in [3.8, 4) is 12.3 Å². The van der Waals surface area contributed by atoms with Gasteiger partial charge in [-0.1, -0.05) is 19.3 Å². The predicted molar refractivity (Wildman–Crippen MR) is 64.2 cm³/mol. The number of ketones is 1. The zero-order valence-electron chi connectivity index (χ0n) is 9.99. The van der Waals surface area contributed by atoms with Crippen LogP contribution in [0.4, 0.5) is 0 Å². The highest BCUT2D eigenvalue weighted by Gasteiger charge is 2.20. The molecule has 1 rings (SSSR count). The lowest BCUT2D eigenvalue weighted by Gasteiger charge is -2.08. The molecule has 4 nitrogen and oxygen atoms in total. The minimum absolute atomic E-state index is 0.173. The summed E-state index contributed by atoms with van der Waals surface area (Å²) in [6.45, 7) is 3.58. The Morgan fingerprint density at radius 3 is 2.59 bits per heavy atom. The van der Waals surface area contributed by atoms with Crippen LogP contribution < -0.4 is 0 Å². The average molecular weight is 233 g/mol. The zero-order valence-corrected chi connectivity index (χ0v) is 9.99. The molecule has 1 N–H and O–H groups in total. The highest BCUT2D eigenvalue weighted by molar-refractivity contribution is 5.97. The number of carboxylic acids is 1. The van der Waals surface area contributed by atoms with Gasteiger partial charge in [0.2, 0.25) is 0 Å². The molecule has 0 amide bonds. The van der Waals surface area contributed by atoms with Crippen molar-refractivity contribution in [3.05, 3.63) is 23.0 Å². The predicted octanol–water partition coefficient (Wildman–Crippen LogP) is 1.97. The molecule has 1 aromatic rings. The number of nitrogens with zero attached hydrogens (tertiary/aromatic N) is 1. The molecule has 0 unspecified atom stereocenters. The third-order valence-corrected chi connectivity index (χ3v) is 2.54. The fourth-order valence-electron chi connectivity index (χ4n) is 1.84. The number of carbonyl (C=O) groups excluding carboxylic acids is 1. The van der Waals surface area contributed by atoms with Crippen molar-refractivity contribution in [2.75, 3.05) is 0 Å². The van der Waals surface area contributed by atoms with E-state index in [2.05, 4.69) is 5.92 Å². The van der Waals surface area contributed by atoms with Crippen molar-refractivity contribution in [1.29, 1.82) is 0 Å². The minimum atomic E-state index is -1.02. The molecule has 17 heavy (non-hydrogen) atoms. The molecule has 0 bridgehead atoms. The molecule has 0 aliphatic heterocycles. The second-order valence-corrected chi connectivity index (χ2v) is 3.79. The van der Waals surface area contributed by atoms with Crippen LogP contribution in [-0.4, -0.2) is 21.4 Å². The van der Waals surface area contributed by atoms with Crippen LogP contribution >= 0.6 is 0 Å². The maximum atomic E-state index is 11.5. The Labute approximate surface area is 100 Å². The van der Waals surface area contributed by atoms with Gasteiger partial charge in [-0.05, 0) is 12.5 Å². The molecule has 1 aromatic heterocycles. The molecule has 0 aromatic carbocycles. The second-order valence-electron chi connectivity index (χ2n) is 3.79. The van der Waals surface area contributed by atoms with E-state index in [1.54, 1.807) is 4.57 Å². The Balaban J connectivity index is 3.43. The molecule has 1 heterocycles. The summed E-state index contributed by atoms with van der Waals surface area (Å²) in [5.41, 5.74) is 1.17. The number of terminal acetylenes is 1. The van der Waals surface area contributed by atoms with Crippen molar-refractivity contribution in [2.45, 2.75) is 33.2 Å². The van der Waals surface area contributed by atoms with Crippen LogP contribution in [0.5, 0.6) is 0 Å². The molecule has 90 valence electrons. The summed E-state index contributed by atoms with van der Waals surface area (Å²) >= 11 is 0. The SMILES string of the molecule is C#CCn1c(C(C)=O)cc(C(=O)O)c1CCC. The molecule has 0 spiro atoms. The Bertz CT molecular complexity index is 491. The van der Waals surface area contributed by atoms with Crippen LogP contribution in [0.15, 0.2) is 6.07 Å². The molecule has 0 fully saturated rings. The minimum Gasteiger partial charge on any atom is -0.478 e. The monoisotopic (exact) mass is 233 g/mol. The number of hydrogen-bond donors (Lipinski definition) is 1. The van der Waals surface area contributed by atoms with Crippen molar-refractivity contribution < 1.29 is 14.7 Å². The van der Waals surface area contributed by atoms with Crippen LogP contribution in [0, 0.1) is 12.3 Å². The summed E-state index contributed by atoms with van der Waals surface area (Å²) in [6, 6.07) is 1.41. The number of carboxylic acid groups (broad SMARTS) is 1. The van der Waals surface area contributed by atoms with Gasteiger partial charge in [-0.2, -0.15) is 0 Å². The number of aromatic carboxylic acids is 1. The Morgan fingerprint density at radius 1 is 1.53 bits per heavy atom. The maximum absolute atomic E-state index is 11.5. The number of hydrogen-bond acceptors (Lipinski definition) is 2. The summed E-state index contributed by atoms with van der Waals surface area (Å²) in [6.07, 6.45) is 6.64. The molecule has 4 heteroatoms. The van der Waals surface area contributed by atoms with Crippen molar-refractivity contribution >= 4 is 11.8 Å². The maximum Gasteiger partial charge on any atom is 0.337 e. The normalized spacial score (nSPS) is 9.94. The fraction of sp³-hybridized carbons (Fsp3) is 0.385. The van der Waals surface area contributed by atoms with Gasteiger partial charge in [0.1, 0.15) is 0 Å². The summed E-state index contributed by atoms with van der Waals surface area (Å²) in [4.78, 5) is 22.6. The van der Waals surface area contributed by atoms with Gasteiger partial charge >= 0.3 is 5.97 Å². The third kappa shape index (κ3) is 2.56. The van der Waals surface area contributed by atoms with Gasteiger partial charge in [-0.3, -0.25) is 4.79 Å². The van der Waals surface area contributed by atoms with E-state index in [1.807, 2.05) is 6.92 Å². The molecule has 0 aliphatic rings. The summed E-state index contributed by atoms with van der Waals surface area (Å²) in [7, 11) is 0. The third-order valence-electron chi connectivity index (χ3n) is 2.54. The van der Waals surface area contributed by atoms with Crippen LogP contribution in [-0.2, 0) is 13.0 Å². The van der Waals surface area contributed by atoms with Crippen molar-refractivity contribution in [3.63, 3.8) is 0 Å². The second kappa shape index (κ2) is 5.35. The molecular weight excluding hydrogens is 218 g/mol. The van der Waals surface area contributed by atoms with E-state index < -0.39 is 5.97 Å². The van der Waals surface area contributed by atoms with Gasteiger partial charge < -0.3 is 9.67 Å². The summed E-state index contributed by atoms with van der Waals surface area (Å²) in [5.74, 6) is 1.25. The number of rotatable bonds is 5. The smallest absolute Gasteiger partial charge is 0.337 e. The Morgan fingerprint density at radius 2 is 2.18 bits per heavy atom.